The first-order chi connectivity index (χ1) is 9.83. The highest BCUT2D eigenvalue weighted by atomic mass is 16.2. The summed E-state index contributed by atoms with van der Waals surface area (Å²) in [6.07, 6.45) is 3.22. The first-order valence-electron chi connectivity index (χ1n) is 6.81. The van der Waals surface area contributed by atoms with Gasteiger partial charge in [0.15, 0.2) is 0 Å². The molecule has 3 heterocycles. The summed E-state index contributed by atoms with van der Waals surface area (Å²) < 4.78 is 0. The first-order valence-corrected chi connectivity index (χ1v) is 6.81. The number of rotatable bonds is 2. The van der Waals surface area contributed by atoms with E-state index >= 15 is 0 Å². The van der Waals surface area contributed by atoms with Crippen molar-refractivity contribution >= 4 is 5.91 Å². The quantitative estimate of drug-likeness (QED) is 0.852. The molecule has 0 spiro atoms. The fourth-order valence-corrected chi connectivity index (χ4v) is 2.96. The van der Waals surface area contributed by atoms with E-state index < -0.39 is 0 Å². The SMILES string of the molecule is O=C(c1ccccc1-n1nccn1)N1CC2CNC2C1. The van der Waals surface area contributed by atoms with Crippen molar-refractivity contribution in [1.82, 2.24) is 25.2 Å². The Hall–Kier alpha value is -2.21. The zero-order chi connectivity index (χ0) is 13.5. The van der Waals surface area contributed by atoms with Crippen molar-refractivity contribution in [2.24, 2.45) is 5.92 Å². The van der Waals surface area contributed by atoms with Gasteiger partial charge in [0, 0.05) is 31.6 Å². The summed E-state index contributed by atoms with van der Waals surface area (Å²) in [5, 5.41) is 11.6. The molecule has 2 unspecified atom stereocenters. The minimum absolute atomic E-state index is 0.0640. The third-order valence-electron chi connectivity index (χ3n) is 4.14. The third-order valence-corrected chi connectivity index (χ3v) is 4.14. The highest BCUT2D eigenvalue weighted by Gasteiger charge is 2.41. The minimum Gasteiger partial charge on any atom is -0.337 e. The zero-order valence-electron chi connectivity index (χ0n) is 10.9. The number of nitrogens with zero attached hydrogens (tertiary/aromatic N) is 4. The van der Waals surface area contributed by atoms with Crippen LogP contribution in [0.3, 0.4) is 0 Å². The predicted molar refractivity (Wildman–Crippen MR) is 72.5 cm³/mol. The maximum atomic E-state index is 12.7. The molecule has 2 atom stereocenters. The second-order valence-corrected chi connectivity index (χ2v) is 5.32. The van der Waals surface area contributed by atoms with E-state index in [1.54, 1.807) is 12.4 Å². The summed E-state index contributed by atoms with van der Waals surface area (Å²) in [5.74, 6) is 0.683. The number of nitrogens with one attached hydrogen (secondary N) is 1. The van der Waals surface area contributed by atoms with Crippen LogP contribution in [0.4, 0.5) is 0 Å². The molecule has 2 saturated heterocycles. The standard InChI is InChI=1S/C14H15N5O/c20-14(18-8-10-7-15-12(10)9-18)11-3-1-2-4-13(11)19-16-5-6-17-19/h1-6,10,12,15H,7-9H2. The summed E-state index contributed by atoms with van der Waals surface area (Å²) in [6.45, 7) is 2.67. The van der Waals surface area contributed by atoms with Gasteiger partial charge in [-0.05, 0) is 12.1 Å². The van der Waals surface area contributed by atoms with Crippen molar-refractivity contribution in [3.8, 4) is 5.69 Å². The average Bonchev–Trinajstić information content (AvgIpc) is 3.08. The number of benzene rings is 1. The lowest BCUT2D eigenvalue weighted by molar-refractivity contribution is 0.0789. The number of hydrogen-bond donors (Lipinski definition) is 1. The number of aromatic nitrogens is 3. The number of fused-ring (bicyclic) bond motifs is 1. The summed E-state index contributed by atoms with van der Waals surface area (Å²) in [6, 6.07) is 7.97. The maximum absolute atomic E-state index is 12.7. The zero-order valence-corrected chi connectivity index (χ0v) is 10.9. The van der Waals surface area contributed by atoms with Crippen molar-refractivity contribution in [3.05, 3.63) is 42.2 Å². The molecule has 2 fully saturated rings. The maximum Gasteiger partial charge on any atom is 0.256 e. The molecule has 2 aliphatic rings. The van der Waals surface area contributed by atoms with Gasteiger partial charge in [-0.1, -0.05) is 12.1 Å². The lowest BCUT2D eigenvalue weighted by Crippen LogP contribution is -2.51. The molecule has 6 heteroatoms. The van der Waals surface area contributed by atoms with Crippen molar-refractivity contribution in [3.63, 3.8) is 0 Å². The number of amides is 1. The van der Waals surface area contributed by atoms with Gasteiger partial charge >= 0.3 is 0 Å². The molecule has 2 aliphatic heterocycles. The highest BCUT2D eigenvalue weighted by molar-refractivity contribution is 5.98. The van der Waals surface area contributed by atoms with Crippen molar-refractivity contribution in [1.29, 1.82) is 0 Å². The Bertz CT molecular complexity index is 627. The Balaban J connectivity index is 1.66. The molecule has 20 heavy (non-hydrogen) atoms. The van der Waals surface area contributed by atoms with Gasteiger partial charge in [-0.25, -0.2) is 0 Å². The van der Waals surface area contributed by atoms with E-state index in [4.69, 9.17) is 0 Å². The number of hydrogen-bond acceptors (Lipinski definition) is 4. The first kappa shape index (κ1) is 11.6. The van der Waals surface area contributed by atoms with Gasteiger partial charge < -0.3 is 10.2 Å². The molecule has 6 nitrogen and oxygen atoms in total. The third kappa shape index (κ3) is 1.72. The van der Waals surface area contributed by atoms with Crippen molar-refractivity contribution < 1.29 is 4.79 Å². The fourth-order valence-electron chi connectivity index (χ4n) is 2.96. The molecule has 0 bridgehead atoms. The molecule has 2 aromatic rings. The van der Waals surface area contributed by atoms with E-state index in [1.165, 1.54) is 4.80 Å². The van der Waals surface area contributed by atoms with Gasteiger partial charge in [0.2, 0.25) is 0 Å². The Labute approximate surface area is 116 Å². The minimum atomic E-state index is 0.0640. The van der Waals surface area contributed by atoms with E-state index in [-0.39, 0.29) is 5.91 Å². The molecule has 0 radical (unpaired) electrons. The van der Waals surface area contributed by atoms with Crippen molar-refractivity contribution in [2.75, 3.05) is 19.6 Å². The molecule has 1 aromatic carbocycles. The normalized spacial score (nSPS) is 24.3. The Kier molecular flexibility index (Phi) is 2.56. The molecule has 0 saturated carbocycles. The number of likely N-dealkylation sites (tertiary alicyclic amines) is 1. The van der Waals surface area contributed by atoms with Gasteiger partial charge in [-0.3, -0.25) is 4.79 Å². The van der Waals surface area contributed by atoms with Crippen LogP contribution in [0.25, 0.3) is 5.69 Å². The number of carbonyl (C=O) groups is 1. The topological polar surface area (TPSA) is 63.1 Å². The monoisotopic (exact) mass is 269 g/mol. The largest absolute Gasteiger partial charge is 0.337 e. The van der Waals surface area contributed by atoms with E-state index in [0.29, 0.717) is 17.5 Å². The van der Waals surface area contributed by atoms with Crippen LogP contribution in [0.5, 0.6) is 0 Å². The Morgan fingerprint density at radius 2 is 2.00 bits per heavy atom. The van der Waals surface area contributed by atoms with Gasteiger partial charge in [0.05, 0.1) is 23.6 Å². The second kappa shape index (κ2) is 4.42. The van der Waals surface area contributed by atoms with Crippen LogP contribution in [0.2, 0.25) is 0 Å². The van der Waals surface area contributed by atoms with E-state index in [1.807, 2.05) is 29.2 Å². The van der Waals surface area contributed by atoms with Crippen LogP contribution in [0.1, 0.15) is 10.4 Å². The molecular formula is C14H15N5O. The molecule has 1 amide bonds. The van der Waals surface area contributed by atoms with Crippen LogP contribution in [0, 0.1) is 5.92 Å². The second-order valence-electron chi connectivity index (χ2n) is 5.32. The molecule has 1 aromatic heterocycles. The van der Waals surface area contributed by atoms with E-state index in [0.717, 1.165) is 25.3 Å². The molecule has 102 valence electrons. The molecular weight excluding hydrogens is 254 g/mol. The van der Waals surface area contributed by atoms with Crippen molar-refractivity contribution in [2.45, 2.75) is 6.04 Å². The lowest BCUT2D eigenvalue weighted by Gasteiger charge is -2.29. The number of carbonyl (C=O) groups excluding carboxylic acids is 1. The molecule has 4 rings (SSSR count). The lowest BCUT2D eigenvalue weighted by atomic mass is 9.96. The summed E-state index contributed by atoms with van der Waals surface area (Å²) >= 11 is 0. The van der Waals surface area contributed by atoms with Crippen LogP contribution in [0.15, 0.2) is 36.7 Å². The number of para-hydroxylation sites is 1. The fraction of sp³-hybridized carbons (Fsp3) is 0.357. The van der Waals surface area contributed by atoms with Gasteiger partial charge in [0.1, 0.15) is 0 Å². The Morgan fingerprint density at radius 3 is 2.65 bits per heavy atom. The van der Waals surface area contributed by atoms with Crippen LogP contribution < -0.4 is 5.32 Å². The summed E-state index contributed by atoms with van der Waals surface area (Å²) in [5.41, 5.74) is 1.39. The van der Waals surface area contributed by atoms with Crippen LogP contribution in [-0.4, -0.2) is 51.5 Å². The van der Waals surface area contributed by atoms with Gasteiger partial charge in [-0.2, -0.15) is 15.0 Å². The van der Waals surface area contributed by atoms with Crippen LogP contribution in [-0.2, 0) is 0 Å². The summed E-state index contributed by atoms with van der Waals surface area (Å²) in [7, 11) is 0. The van der Waals surface area contributed by atoms with Crippen LogP contribution >= 0.6 is 0 Å². The molecule has 0 aliphatic carbocycles. The summed E-state index contributed by atoms with van der Waals surface area (Å²) in [4.78, 5) is 16.1. The van der Waals surface area contributed by atoms with Gasteiger partial charge in [0.25, 0.3) is 5.91 Å². The average molecular weight is 269 g/mol. The smallest absolute Gasteiger partial charge is 0.256 e. The Morgan fingerprint density at radius 1 is 1.20 bits per heavy atom. The molecule has 1 N–H and O–H groups in total. The van der Waals surface area contributed by atoms with Gasteiger partial charge in [-0.15, -0.1) is 0 Å². The van der Waals surface area contributed by atoms with E-state index in [2.05, 4.69) is 15.5 Å². The predicted octanol–water partition coefficient (Wildman–Crippen LogP) is 0.311. The highest BCUT2D eigenvalue weighted by Crippen LogP contribution is 2.26. The van der Waals surface area contributed by atoms with E-state index in [9.17, 15) is 4.79 Å².